The Kier molecular flexibility index (Phi) is 13.7. The Morgan fingerprint density at radius 2 is 1.14 bits per heavy atom. The molecule has 3 N–H and O–H groups in total. The van der Waals surface area contributed by atoms with Crippen molar-refractivity contribution in [3.63, 3.8) is 0 Å². The molecule has 330 valence electrons. The first-order chi connectivity index (χ1) is 29.9. The molecule has 0 aliphatic rings. The van der Waals surface area contributed by atoms with E-state index in [0.717, 1.165) is 35.9 Å². The van der Waals surface area contributed by atoms with Crippen LogP contribution in [0.4, 0.5) is 52.7 Å². The van der Waals surface area contributed by atoms with Crippen molar-refractivity contribution in [3.05, 3.63) is 146 Å². The average molecular weight is 925 g/mol. The molecule has 3 aromatic heterocycles. The molecule has 7 aromatic rings. The Morgan fingerprint density at radius 1 is 0.656 bits per heavy atom. The van der Waals surface area contributed by atoms with Crippen LogP contribution >= 0.6 is 0 Å². The van der Waals surface area contributed by atoms with Crippen molar-refractivity contribution in [2.75, 3.05) is 0 Å². The lowest BCUT2D eigenvalue weighted by molar-refractivity contribution is -0.138. The third kappa shape index (κ3) is 11.5. The van der Waals surface area contributed by atoms with Crippen LogP contribution in [0.25, 0.3) is 45.0 Å². The van der Waals surface area contributed by atoms with Crippen LogP contribution in [0.2, 0.25) is 0 Å². The lowest BCUT2D eigenvalue weighted by Crippen LogP contribution is -2.06. The Balaban J connectivity index is 0.000000183. The highest BCUT2D eigenvalue weighted by Gasteiger charge is 2.34. The van der Waals surface area contributed by atoms with Gasteiger partial charge < -0.3 is 0 Å². The second-order valence-electron chi connectivity index (χ2n) is 12.5. The van der Waals surface area contributed by atoms with Crippen LogP contribution in [0.3, 0.4) is 0 Å². The first kappa shape index (κ1) is 47.1. The second-order valence-corrected chi connectivity index (χ2v) is 14.4. The molecular formula is C37H20F12N12O2S. The first-order valence-corrected chi connectivity index (χ1v) is 18.4. The number of aromatic nitrogens is 10. The largest absolute Gasteiger partial charge is 0.416 e. The third-order valence-corrected chi connectivity index (χ3v) is 9.66. The zero-order chi connectivity index (χ0) is 47.2. The van der Waals surface area contributed by atoms with Crippen molar-refractivity contribution in [1.82, 2.24) is 51.4 Å². The number of H-pyrrole nitrogens is 3. The SMILES string of the molecule is Fc1cc(-c2n[nH]nc2-c2nn[nH]n2)cc(C(F)(F)F)c1.N#Cc1n[nH]nc1-c1cc(F)cc(C(F)(F)F)c1.[C-]#[N+]/C(=C/c1cc(F)cc(C(F)(F)F)c1)S(=O)(=O)c1ccc(C)cc1. The van der Waals surface area contributed by atoms with Gasteiger partial charge in [0, 0.05) is 11.1 Å². The minimum absolute atomic E-state index is 0.0126. The summed E-state index contributed by atoms with van der Waals surface area (Å²) in [5.41, 5.74) is -3.65. The predicted molar refractivity (Wildman–Crippen MR) is 196 cm³/mol. The molecule has 0 unspecified atom stereocenters. The number of rotatable bonds is 6. The van der Waals surface area contributed by atoms with Crippen LogP contribution in [-0.2, 0) is 28.4 Å². The van der Waals surface area contributed by atoms with Crippen molar-refractivity contribution >= 4 is 15.9 Å². The Hall–Kier alpha value is -7.94. The third-order valence-electron chi connectivity index (χ3n) is 8.01. The monoisotopic (exact) mass is 924 g/mol. The van der Waals surface area contributed by atoms with Crippen LogP contribution in [0.5, 0.6) is 0 Å². The van der Waals surface area contributed by atoms with Crippen LogP contribution < -0.4 is 0 Å². The number of hydrogen-bond donors (Lipinski definition) is 3. The molecule has 14 nitrogen and oxygen atoms in total. The zero-order valence-corrected chi connectivity index (χ0v) is 32.2. The normalized spacial score (nSPS) is 12.0. The summed E-state index contributed by atoms with van der Waals surface area (Å²) < 4.78 is 179. The maximum atomic E-state index is 13.4. The van der Waals surface area contributed by atoms with Gasteiger partial charge >= 0.3 is 18.5 Å². The number of nitriles is 1. The highest BCUT2D eigenvalue weighted by molar-refractivity contribution is 7.95. The van der Waals surface area contributed by atoms with E-state index < -0.39 is 67.5 Å². The van der Waals surface area contributed by atoms with Gasteiger partial charge in [-0.05, 0) is 90.5 Å². The summed E-state index contributed by atoms with van der Waals surface area (Å²) in [5.74, 6) is -3.26. The van der Waals surface area contributed by atoms with Gasteiger partial charge in [0.2, 0.25) is 15.7 Å². The number of halogens is 12. The van der Waals surface area contributed by atoms with Gasteiger partial charge in [0.15, 0.2) is 11.4 Å². The number of nitrogens with zero attached hydrogens (tertiary/aromatic N) is 9. The van der Waals surface area contributed by atoms with Crippen molar-refractivity contribution in [3.8, 4) is 40.1 Å². The molecule has 0 atom stereocenters. The quantitative estimate of drug-likeness (QED) is 0.107. The van der Waals surface area contributed by atoms with E-state index in [-0.39, 0.29) is 50.2 Å². The van der Waals surface area contributed by atoms with Gasteiger partial charge in [0.1, 0.15) is 34.9 Å². The topological polar surface area (TPSA) is 200 Å². The average Bonchev–Trinajstić information content (AvgIpc) is 4.02. The molecule has 7 rings (SSSR count). The lowest BCUT2D eigenvalue weighted by Gasteiger charge is -2.08. The molecular weight excluding hydrogens is 905 g/mol. The summed E-state index contributed by atoms with van der Waals surface area (Å²) in [7, 11) is -4.22. The Bertz CT molecular complexity index is 3000. The fourth-order valence-corrected chi connectivity index (χ4v) is 6.30. The molecule has 0 saturated heterocycles. The Labute approximate surface area is 350 Å². The summed E-state index contributed by atoms with van der Waals surface area (Å²) >= 11 is 0. The summed E-state index contributed by atoms with van der Waals surface area (Å²) in [6.07, 6.45) is -13.4. The van der Waals surface area contributed by atoms with Gasteiger partial charge in [0.25, 0.3) is 5.03 Å². The number of aryl methyl sites for hydroxylation is 1. The van der Waals surface area contributed by atoms with Crippen LogP contribution in [0, 0.1) is 42.3 Å². The minimum atomic E-state index is -4.79. The molecule has 0 aliphatic carbocycles. The maximum absolute atomic E-state index is 13.4. The molecule has 0 aliphatic heterocycles. The van der Waals surface area contributed by atoms with E-state index in [1.54, 1.807) is 13.0 Å². The number of hydrogen-bond acceptors (Lipinski definition) is 10. The number of benzene rings is 4. The van der Waals surface area contributed by atoms with Gasteiger partial charge in [-0.15, -0.1) is 15.3 Å². The number of alkyl halides is 9. The molecule has 0 spiro atoms. The van der Waals surface area contributed by atoms with Crippen molar-refractivity contribution < 1.29 is 61.1 Å². The van der Waals surface area contributed by atoms with Crippen molar-refractivity contribution in [1.29, 1.82) is 5.26 Å². The van der Waals surface area contributed by atoms with E-state index in [4.69, 9.17) is 11.8 Å². The van der Waals surface area contributed by atoms with E-state index in [0.29, 0.717) is 30.3 Å². The van der Waals surface area contributed by atoms with E-state index in [1.165, 1.54) is 24.3 Å². The Morgan fingerprint density at radius 3 is 1.64 bits per heavy atom. The summed E-state index contributed by atoms with van der Waals surface area (Å²) in [5, 5.41) is 39.4. The van der Waals surface area contributed by atoms with Crippen molar-refractivity contribution in [2.45, 2.75) is 30.3 Å². The van der Waals surface area contributed by atoms with Gasteiger partial charge in [-0.2, -0.15) is 75.7 Å². The van der Waals surface area contributed by atoms with Gasteiger partial charge in [-0.1, -0.05) is 17.7 Å². The molecule has 0 fully saturated rings. The van der Waals surface area contributed by atoms with E-state index in [9.17, 15) is 61.1 Å². The molecule has 0 saturated carbocycles. The van der Waals surface area contributed by atoms with Gasteiger partial charge in [-0.3, -0.25) is 0 Å². The van der Waals surface area contributed by atoms with Crippen molar-refractivity contribution in [2.24, 2.45) is 0 Å². The van der Waals surface area contributed by atoms with Crippen LogP contribution in [-0.4, -0.2) is 59.9 Å². The number of sulfone groups is 1. The molecule has 64 heavy (non-hydrogen) atoms. The van der Waals surface area contributed by atoms with E-state index in [1.807, 2.05) is 0 Å². The maximum Gasteiger partial charge on any atom is 0.416 e. The summed E-state index contributed by atoms with van der Waals surface area (Å²) in [6, 6.07) is 12.9. The lowest BCUT2D eigenvalue weighted by atomic mass is 10.1. The van der Waals surface area contributed by atoms with Gasteiger partial charge in [0.05, 0.1) is 28.2 Å². The molecule has 3 heterocycles. The van der Waals surface area contributed by atoms with E-state index in [2.05, 4.69) is 56.3 Å². The highest BCUT2D eigenvalue weighted by Crippen LogP contribution is 2.36. The fourth-order valence-electron chi connectivity index (χ4n) is 5.15. The first-order valence-electron chi connectivity index (χ1n) is 16.9. The number of aromatic amines is 3. The number of nitrogens with one attached hydrogen (secondary N) is 3. The molecule has 27 heteroatoms. The summed E-state index contributed by atoms with van der Waals surface area (Å²) in [6.45, 7) is 8.79. The fraction of sp³-hybridized carbons (Fsp3) is 0.108. The summed E-state index contributed by atoms with van der Waals surface area (Å²) in [4.78, 5) is 2.72. The zero-order valence-electron chi connectivity index (χ0n) is 31.4. The van der Waals surface area contributed by atoms with Crippen LogP contribution in [0.1, 0.15) is 33.5 Å². The second kappa shape index (κ2) is 18.6. The molecule has 4 aromatic carbocycles. The number of tetrazole rings is 1. The molecule has 0 bridgehead atoms. The smallest absolute Gasteiger partial charge is 0.230 e. The minimum Gasteiger partial charge on any atom is -0.230 e. The van der Waals surface area contributed by atoms with Crippen LogP contribution in [0.15, 0.2) is 88.8 Å². The standard InChI is InChI=1S/C17H11F4NO2S.C10H5F4N7.C10H4F4N4/c1-11-3-5-15(6-4-11)25(23,24)16(22-2)9-12-7-13(17(19,20)21)10-14(18)8-12;11-6-2-4(1-5(3-6)10(12,13)14)7-8(16-19-15-7)9-17-20-21-18-9;11-7-2-5(1-6(3-7)10(12,13)14)9-8(4-15)16-18-17-9/h3-10H,1H3;1-3H,(H,15,16,19)(H,17,18,20,21);1-3H,(H,16,17,18)/b16-9-;;. The highest BCUT2D eigenvalue weighted by atomic mass is 32.2. The van der Waals surface area contributed by atoms with Gasteiger partial charge in [-0.25, -0.2) is 26.4 Å². The van der Waals surface area contributed by atoms with E-state index >= 15 is 0 Å². The molecule has 0 amide bonds. The predicted octanol–water partition coefficient (Wildman–Crippen LogP) is 9.16. The molecule has 0 radical (unpaired) electrons.